The lowest BCUT2D eigenvalue weighted by molar-refractivity contribution is 0.0665. The minimum atomic E-state index is -0.397. The second kappa shape index (κ2) is 7.13. The van der Waals surface area contributed by atoms with Gasteiger partial charge < -0.3 is 14.6 Å². The predicted octanol–water partition coefficient (Wildman–Crippen LogP) is 2.12. The first-order chi connectivity index (χ1) is 9.29. The molecule has 0 aliphatic carbocycles. The molecule has 0 radical (unpaired) electrons. The smallest absolute Gasteiger partial charge is 0.165 e. The van der Waals surface area contributed by atoms with Gasteiger partial charge in [-0.25, -0.2) is 4.39 Å². The number of benzene rings is 1. The topological polar surface area (TPSA) is 38.7 Å². The maximum atomic E-state index is 13.6. The summed E-state index contributed by atoms with van der Waals surface area (Å²) in [5.74, 6) is 5.45. The third-order valence-corrected chi connectivity index (χ3v) is 2.85. The molecular weight excluding hydrogens is 247 g/mol. The van der Waals surface area contributed by atoms with E-state index in [0.717, 1.165) is 19.4 Å². The summed E-state index contributed by atoms with van der Waals surface area (Å²) in [4.78, 5) is 0. The van der Waals surface area contributed by atoms with E-state index in [2.05, 4.69) is 11.8 Å². The van der Waals surface area contributed by atoms with Crippen LogP contribution in [0.4, 0.5) is 4.39 Å². The first-order valence-corrected chi connectivity index (χ1v) is 6.43. The first-order valence-electron chi connectivity index (χ1n) is 6.43. The molecule has 0 bridgehead atoms. The monoisotopic (exact) mass is 264 g/mol. The van der Waals surface area contributed by atoms with Gasteiger partial charge in [0.25, 0.3) is 0 Å². The third kappa shape index (κ3) is 4.23. The highest BCUT2D eigenvalue weighted by atomic mass is 19.1. The van der Waals surface area contributed by atoms with Gasteiger partial charge in [0.2, 0.25) is 0 Å². The van der Waals surface area contributed by atoms with Gasteiger partial charge in [-0.1, -0.05) is 11.8 Å². The normalized spacial score (nSPS) is 17.9. The molecule has 1 unspecified atom stereocenters. The number of aliphatic hydroxyl groups is 1. The number of ether oxygens (including phenoxy) is 2. The molecule has 19 heavy (non-hydrogen) atoms. The molecule has 0 spiro atoms. The molecule has 1 aromatic carbocycles. The van der Waals surface area contributed by atoms with Crippen molar-refractivity contribution < 1.29 is 19.0 Å². The van der Waals surface area contributed by atoms with E-state index in [-0.39, 0.29) is 18.5 Å². The second-order valence-corrected chi connectivity index (χ2v) is 4.37. The molecule has 102 valence electrons. The number of hydrogen-bond donors (Lipinski definition) is 1. The van der Waals surface area contributed by atoms with Crippen LogP contribution >= 0.6 is 0 Å². The number of rotatable bonds is 4. The van der Waals surface area contributed by atoms with Gasteiger partial charge in [0.05, 0.1) is 12.7 Å². The van der Waals surface area contributed by atoms with Crippen LogP contribution in [0.3, 0.4) is 0 Å². The Kier molecular flexibility index (Phi) is 5.20. The zero-order valence-corrected chi connectivity index (χ0v) is 10.7. The van der Waals surface area contributed by atoms with Gasteiger partial charge in [-0.2, -0.15) is 0 Å². The fraction of sp³-hybridized carbons (Fsp3) is 0.467. The summed E-state index contributed by atoms with van der Waals surface area (Å²) in [6.07, 6.45) is 2.45. The van der Waals surface area contributed by atoms with Crippen LogP contribution in [0, 0.1) is 17.7 Å². The average Bonchev–Trinajstić information content (AvgIpc) is 2.92. The van der Waals surface area contributed by atoms with Gasteiger partial charge in [-0.05, 0) is 31.0 Å². The molecule has 1 atom stereocenters. The molecule has 0 amide bonds. The Morgan fingerprint density at radius 3 is 3.11 bits per heavy atom. The molecule has 1 aromatic rings. The van der Waals surface area contributed by atoms with Crippen molar-refractivity contribution in [1.82, 2.24) is 0 Å². The molecule has 0 saturated carbocycles. The first kappa shape index (κ1) is 13.9. The Hall–Kier alpha value is -1.57. The van der Waals surface area contributed by atoms with Gasteiger partial charge in [-0.3, -0.25) is 0 Å². The molecule has 1 heterocycles. The zero-order valence-electron chi connectivity index (χ0n) is 10.7. The summed E-state index contributed by atoms with van der Waals surface area (Å²) in [7, 11) is 0. The highest BCUT2D eigenvalue weighted by molar-refractivity contribution is 5.40. The Morgan fingerprint density at radius 1 is 1.47 bits per heavy atom. The zero-order chi connectivity index (χ0) is 13.5. The minimum Gasteiger partial charge on any atom is -0.488 e. The van der Waals surface area contributed by atoms with Crippen molar-refractivity contribution in [3.63, 3.8) is 0 Å². The Labute approximate surface area is 112 Å². The molecule has 3 nitrogen and oxygen atoms in total. The van der Waals surface area contributed by atoms with Gasteiger partial charge in [0, 0.05) is 18.6 Å². The van der Waals surface area contributed by atoms with Crippen LogP contribution < -0.4 is 4.74 Å². The van der Waals surface area contributed by atoms with Crippen molar-refractivity contribution in [3.05, 3.63) is 29.6 Å². The largest absolute Gasteiger partial charge is 0.488 e. The summed E-state index contributed by atoms with van der Waals surface area (Å²) in [6, 6.07) is 4.51. The SMILES string of the molecule is OCCC#Cc1ccc(F)c(OCC2CCCO2)c1. The fourth-order valence-corrected chi connectivity index (χ4v) is 1.87. The van der Waals surface area contributed by atoms with Crippen LogP contribution in [0.15, 0.2) is 18.2 Å². The lowest BCUT2D eigenvalue weighted by atomic mass is 10.2. The van der Waals surface area contributed by atoms with Crippen LogP contribution in [0.25, 0.3) is 0 Å². The van der Waals surface area contributed by atoms with Gasteiger partial charge in [0.1, 0.15) is 6.61 Å². The summed E-state index contributed by atoms with van der Waals surface area (Å²) >= 11 is 0. The van der Waals surface area contributed by atoms with Crippen LogP contribution in [-0.2, 0) is 4.74 Å². The number of hydrogen-bond acceptors (Lipinski definition) is 3. The van der Waals surface area contributed by atoms with E-state index in [1.807, 2.05) is 0 Å². The maximum Gasteiger partial charge on any atom is 0.165 e. The van der Waals surface area contributed by atoms with E-state index in [0.29, 0.717) is 18.6 Å². The van der Waals surface area contributed by atoms with Crippen LogP contribution in [0.2, 0.25) is 0 Å². The Morgan fingerprint density at radius 2 is 2.37 bits per heavy atom. The predicted molar refractivity (Wildman–Crippen MR) is 69.4 cm³/mol. The minimum absolute atomic E-state index is 0.0244. The second-order valence-electron chi connectivity index (χ2n) is 4.37. The molecule has 1 aliphatic rings. The lowest BCUT2D eigenvalue weighted by Gasteiger charge is -2.12. The Bertz CT molecular complexity index is 470. The van der Waals surface area contributed by atoms with Crippen molar-refractivity contribution in [2.75, 3.05) is 19.8 Å². The molecule has 4 heteroatoms. The lowest BCUT2D eigenvalue weighted by Crippen LogP contribution is -2.16. The van der Waals surface area contributed by atoms with E-state index in [4.69, 9.17) is 14.6 Å². The molecule has 1 fully saturated rings. The van der Waals surface area contributed by atoms with Gasteiger partial charge in [-0.15, -0.1) is 0 Å². The molecule has 1 aliphatic heterocycles. The van der Waals surface area contributed by atoms with E-state index < -0.39 is 5.82 Å². The van der Waals surface area contributed by atoms with Crippen molar-refractivity contribution >= 4 is 0 Å². The quantitative estimate of drug-likeness (QED) is 0.847. The van der Waals surface area contributed by atoms with Gasteiger partial charge >= 0.3 is 0 Å². The summed E-state index contributed by atoms with van der Waals surface area (Å²) in [5.41, 5.74) is 0.678. The molecule has 1 saturated heterocycles. The van der Waals surface area contributed by atoms with E-state index in [1.54, 1.807) is 12.1 Å². The highest BCUT2D eigenvalue weighted by Gasteiger charge is 2.16. The van der Waals surface area contributed by atoms with Crippen LogP contribution in [0.1, 0.15) is 24.8 Å². The molecular formula is C15H17FO3. The molecule has 2 rings (SSSR count). The van der Waals surface area contributed by atoms with Crippen LogP contribution in [-0.4, -0.2) is 31.0 Å². The van der Waals surface area contributed by atoms with Crippen molar-refractivity contribution in [1.29, 1.82) is 0 Å². The van der Waals surface area contributed by atoms with Gasteiger partial charge in [0.15, 0.2) is 11.6 Å². The molecule has 0 aromatic heterocycles. The summed E-state index contributed by atoms with van der Waals surface area (Å²) in [6.45, 7) is 1.14. The van der Waals surface area contributed by atoms with E-state index >= 15 is 0 Å². The highest BCUT2D eigenvalue weighted by Crippen LogP contribution is 2.20. The fourth-order valence-electron chi connectivity index (χ4n) is 1.87. The average molecular weight is 264 g/mol. The maximum absolute atomic E-state index is 13.6. The molecule has 1 N–H and O–H groups in total. The van der Waals surface area contributed by atoms with E-state index in [1.165, 1.54) is 6.07 Å². The van der Waals surface area contributed by atoms with Crippen LogP contribution in [0.5, 0.6) is 5.75 Å². The van der Waals surface area contributed by atoms with Crippen molar-refractivity contribution in [2.45, 2.75) is 25.4 Å². The van der Waals surface area contributed by atoms with Crippen molar-refractivity contribution in [3.8, 4) is 17.6 Å². The summed E-state index contributed by atoms with van der Waals surface area (Å²) < 4.78 is 24.4. The summed E-state index contributed by atoms with van der Waals surface area (Å²) in [5, 5.41) is 8.65. The number of aliphatic hydroxyl groups excluding tert-OH is 1. The Balaban J connectivity index is 1.98. The van der Waals surface area contributed by atoms with Crippen molar-refractivity contribution in [2.24, 2.45) is 0 Å². The third-order valence-electron chi connectivity index (χ3n) is 2.85. The van der Waals surface area contributed by atoms with E-state index in [9.17, 15) is 4.39 Å². The number of halogens is 1. The standard InChI is InChI=1S/C15H17FO3/c16-14-7-6-12(4-1-2-8-17)10-15(14)19-11-13-5-3-9-18-13/h6-7,10,13,17H,2-3,5,8-9,11H2.